The van der Waals surface area contributed by atoms with Gasteiger partial charge in [-0.2, -0.15) is 0 Å². The highest BCUT2D eigenvalue weighted by Gasteiger charge is 2.21. The molecule has 3 rings (SSSR count). The van der Waals surface area contributed by atoms with Crippen molar-refractivity contribution in [1.82, 2.24) is 19.6 Å². The zero-order chi connectivity index (χ0) is 16.7. The van der Waals surface area contributed by atoms with Crippen LogP contribution in [0.4, 0.5) is 0 Å². The van der Waals surface area contributed by atoms with Gasteiger partial charge >= 0.3 is 5.97 Å². The van der Waals surface area contributed by atoms with Crippen LogP contribution in [0.15, 0.2) is 17.1 Å². The lowest BCUT2D eigenvalue weighted by Crippen LogP contribution is -2.19. The first-order valence-electron chi connectivity index (χ1n) is 7.25. The van der Waals surface area contributed by atoms with Gasteiger partial charge in [0.25, 0.3) is 0 Å². The zero-order valence-electron chi connectivity index (χ0n) is 13.0. The van der Waals surface area contributed by atoms with Crippen LogP contribution in [0.3, 0.4) is 0 Å². The van der Waals surface area contributed by atoms with Crippen LogP contribution in [0, 0.1) is 0 Å². The van der Waals surface area contributed by atoms with Gasteiger partial charge in [-0.3, -0.25) is 4.79 Å². The maximum absolute atomic E-state index is 12.5. The number of hydrogen-bond donors (Lipinski definition) is 1. The topological polar surface area (TPSA) is 99.2 Å². The fraction of sp³-hybridized carbons (Fsp3) is 0.333. The van der Waals surface area contributed by atoms with E-state index in [9.17, 15) is 14.7 Å². The van der Waals surface area contributed by atoms with Gasteiger partial charge in [0.2, 0.25) is 5.43 Å². The van der Waals surface area contributed by atoms with E-state index in [2.05, 4.69) is 10.3 Å². The van der Waals surface area contributed by atoms with Crippen molar-refractivity contribution in [2.45, 2.75) is 20.4 Å². The van der Waals surface area contributed by atoms with Crippen molar-refractivity contribution in [1.29, 1.82) is 0 Å². The number of nitrogens with zero attached hydrogens (tertiary/aromatic N) is 4. The number of benzene rings is 1. The second-order valence-corrected chi connectivity index (χ2v) is 5.08. The molecule has 0 atom stereocenters. The van der Waals surface area contributed by atoms with E-state index in [1.807, 2.05) is 13.8 Å². The number of aromatic nitrogens is 4. The maximum Gasteiger partial charge on any atom is 0.341 e. The zero-order valence-corrected chi connectivity index (χ0v) is 13.0. The van der Waals surface area contributed by atoms with Crippen LogP contribution in [0.2, 0.25) is 0 Å². The Morgan fingerprint density at radius 1 is 1.35 bits per heavy atom. The first-order chi connectivity index (χ1) is 11.0. The van der Waals surface area contributed by atoms with Crippen LogP contribution in [0.25, 0.3) is 21.9 Å². The van der Waals surface area contributed by atoms with Crippen molar-refractivity contribution in [3.63, 3.8) is 0 Å². The Morgan fingerprint density at radius 3 is 2.70 bits per heavy atom. The van der Waals surface area contributed by atoms with Crippen molar-refractivity contribution in [2.75, 3.05) is 6.61 Å². The Bertz CT molecular complexity index is 987. The molecule has 1 N–H and O–H groups in total. The van der Waals surface area contributed by atoms with Crippen molar-refractivity contribution in [2.24, 2.45) is 7.05 Å². The minimum atomic E-state index is -1.25. The summed E-state index contributed by atoms with van der Waals surface area (Å²) in [6.07, 6.45) is 1.35. The molecule has 0 aliphatic heterocycles. The molecule has 0 spiro atoms. The highest BCUT2D eigenvalue weighted by atomic mass is 16.5. The molecule has 0 amide bonds. The van der Waals surface area contributed by atoms with Crippen molar-refractivity contribution < 1.29 is 14.6 Å². The number of carboxylic acids is 1. The molecule has 8 nitrogen and oxygen atoms in total. The van der Waals surface area contributed by atoms with E-state index in [0.29, 0.717) is 35.5 Å². The number of hydrogen-bond acceptors (Lipinski definition) is 5. The summed E-state index contributed by atoms with van der Waals surface area (Å²) in [5, 5.41) is 17.7. The molecule has 0 bridgehead atoms. The number of aromatic carboxylic acids is 1. The van der Waals surface area contributed by atoms with Crippen LogP contribution in [0.1, 0.15) is 24.2 Å². The second kappa shape index (κ2) is 5.38. The van der Waals surface area contributed by atoms with E-state index in [4.69, 9.17) is 4.74 Å². The Kier molecular flexibility index (Phi) is 3.51. The minimum absolute atomic E-state index is 0.267. The normalized spacial score (nSPS) is 11.3. The van der Waals surface area contributed by atoms with Gasteiger partial charge in [0, 0.05) is 19.8 Å². The molecule has 8 heteroatoms. The van der Waals surface area contributed by atoms with E-state index in [1.54, 1.807) is 22.4 Å². The highest BCUT2D eigenvalue weighted by molar-refractivity contribution is 6.06. The van der Waals surface area contributed by atoms with Crippen LogP contribution < -0.4 is 10.2 Å². The van der Waals surface area contributed by atoms with Gasteiger partial charge in [0.05, 0.1) is 17.5 Å². The number of carbonyl (C=O) groups is 1. The molecule has 23 heavy (non-hydrogen) atoms. The molecule has 0 radical (unpaired) electrons. The number of ether oxygens (including phenoxy) is 1. The predicted octanol–water partition coefficient (Wildman–Crippen LogP) is 1.40. The third kappa shape index (κ3) is 2.14. The van der Waals surface area contributed by atoms with Crippen molar-refractivity contribution in [3.8, 4) is 5.75 Å². The first-order valence-corrected chi connectivity index (χ1v) is 7.25. The fourth-order valence-electron chi connectivity index (χ4n) is 2.74. The molecule has 2 heterocycles. The first kappa shape index (κ1) is 15.0. The van der Waals surface area contributed by atoms with Gasteiger partial charge < -0.3 is 14.4 Å². The molecule has 0 aliphatic carbocycles. The standard InChI is InChI=1S/C15H16N4O4/c1-4-19-7-9(15(21)22)14(20)8-6-10(23-5-2)13-11(12(8)19)16-17-18(13)3/h6-7H,4-5H2,1-3H3,(H,21,22). The van der Waals surface area contributed by atoms with E-state index in [0.717, 1.165) is 0 Å². The van der Waals surface area contributed by atoms with Gasteiger partial charge in [-0.25, -0.2) is 9.48 Å². The molecule has 0 saturated heterocycles. The van der Waals surface area contributed by atoms with E-state index in [-0.39, 0.29) is 10.9 Å². The lowest BCUT2D eigenvalue weighted by molar-refractivity contribution is 0.0695. The lowest BCUT2D eigenvalue weighted by atomic mass is 10.1. The summed E-state index contributed by atoms with van der Waals surface area (Å²) in [4.78, 5) is 23.9. The number of fused-ring (bicyclic) bond motifs is 3. The summed E-state index contributed by atoms with van der Waals surface area (Å²) >= 11 is 0. The third-order valence-electron chi connectivity index (χ3n) is 3.75. The molecule has 0 unspecified atom stereocenters. The Labute approximate surface area is 130 Å². The number of aryl methyl sites for hydroxylation is 2. The second-order valence-electron chi connectivity index (χ2n) is 5.08. The monoisotopic (exact) mass is 316 g/mol. The molecule has 0 fully saturated rings. The maximum atomic E-state index is 12.5. The molecular weight excluding hydrogens is 300 g/mol. The van der Waals surface area contributed by atoms with Gasteiger partial charge in [-0.15, -0.1) is 5.10 Å². The van der Waals surface area contributed by atoms with Gasteiger partial charge in [-0.05, 0) is 19.9 Å². The SMILES string of the molecule is CCOc1cc2c(=O)c(C(=O)O)cn(CC)c2c2nnn(C)c12. The molecule has 0 saturated carbocycles. The van der Waals surface area contributed by atoms with Crippen LogP contribution in [0.5, 0.6) is 5.75 Å². The smallest absolute Gasteiger partial charge is 0.341 e. The van der Waals surface area contributed by atoms with Crippen molar-refractivity contribution in [3.05, 3.63) is 28.0 Å². The summed E-state index contributed by atoms with van der Waals surface area (Å²) in [5.41, 5.74) is 0.929. The van der Waals surface area contributed by atoms with Crippen LogP contribution >= 0.6 is 0 Å². The molecule has 2 aromatic heterocycles. The predicted molar refractivity (Wildman–Crippen MR) is 84.1 cm³/mol. The van der Waals surface area contributed by atoms with Crippen LogP contribution in [-0.4, -0.2) is 37.2 Å². The summed E-state index contributed by atoms with van der Waals surface area (Å²) in [7, 11) is 1.74. The summed E-state index contributed by atoms with van der Waals surface area (Å²) < 4.78 is 8.88. The molecule has 3 aromatic rings. The molecular formula is C15H16N4O4. The third-order valence-corrected chi connectivity index (χ3v) is 3.75. The van der Waals surface area contributed by atoms with Crippen molar-refractivity contribution >= 4 is 27.9 Å². The molecule has 120 valence electrons. The van der Waals surface area contributed by atoms with E-state index in [1.165, 1.54) is 6.20 Å². The quantitative estimate of drug-likeness (QED) is 0.781. The highest BCUT2D eigenvalue weighted by Crippen LogP contribution is 2.30. The van der Waals surface area contributed by atoms with E-state index >= 15 is 0 Å². The van der Waals surface area contributed by atoms with E-state index < -0.39 is 11.4 Å². The number of carboxylic acid groups (broad SMARTS) is 1. The Balaban J connectivity index is 2.58. The van der Waals surface area contributed by atoms with Gasteiger partial charge in [0.1, 0.15) is 22.3 Å². The summed E-state index contributed by atoms with van der Waals surface area (Å²) in [6.45, 7) is 4.61. The fourth-order valence-corrected chi connectivity index (χ4v) is 2.74. The number of rotatable bonds is 4. The molecule has 1 aromatic carbocycles. The molecule has 0 aliphatic rings. The van der Waals surface area contributed by atoms with Gasteiger partial charge in [-0.1, -0.05) is 5.21 Å². The summed E-state index contributed by atoms with van der Waals surface area (Å²) in [5.74, 6) is -0.791. The summed E-state index contributed by atoms with van der Waals surface area (Å²) in [6, 6.07) is 1.57. The Morgan fingerprint density at radius 2 is 2.09 bits per heavy atom. The van der Waals surface area contributed by atoms with Gasteiger partial charge in [0.15, 0.2) is 0 Å². The Hall–Kier alpha value is -2.90. The largest absolute Gasteiger partial charge is 0.492 e. The number of pyridine rings is 1. The van der Waals surface area contributed by atoms with Crippen LogP contribution in [-0.2, 0) is 13.6 Å². The average molecular weight is 316 g/mol. The lowest BCUT2D eigenvalue weighted by Gasteiger charge is -2.13. The average Bonchev–Trinajstić information content (AvgIpc) is 2.90. The minimum Gasteiger partial charge on any atom is -0.492 e.